The molecule has 3 rings (SSSR count). The van der Waals surface area contributed by atoms with Gasteiger partial charge in [-0.05, 0) is 24.5 Å². The summed E-state index contributed by atoms with van der Waals surface area (Å²) in [5, 5.41) is 3.45. The number of anilines is 1. The van der Waals surface area contributed by atoms with Crippen molar-refractivity contribution in [3.8, 4) is 0 Å². The number of Topliss-reactive ketones (excluding diaryl/α,β-unsaturated/α-hetero) is 1. The summed E-state index contributed by atoms with van der Waals surface area (Å²) in [5.74, 6) is 0.554. The summed E-state index contributed by atoms with van der Waals surface area (Å²) in [7, 11) is 0. The van der Waals surface area contributed by atoms with Crippen LogP contribution < -0.4 is 5.32 Å². The van der Waals surface area contributed by atoms with Gasteiger partial charge in [0.25, 0.3) is 0 Å². The molecule has 1 fully saturated rings. The van der Waals surface area contributed by atoms with Crippen molar-refractivity contribution >= 4 is 11.5 Å². The van der Waals surface area contributed by atoms with Crippen molar-refractivity contribution in [2.24, 2.45) is 0 Å². The van der Waals surface area contributed by atoms with Gasteiger partial charge in [0.15, 0.2) is 0 Å². The molecule has 1 aliphatic carbocycles. The van der Waals surface area contributed by atoms with Crippen molar-refractivity contribution < 1.29 is 4.79 Å². The maximum Gasteiger partial charge on any atom is 0.142 e. The average molecular weight is 187 g/mol. The fourth-order valence-electron chi connectivity index (χ4n) is 2.69. The molecule has 0 unspecified atom stereocenters. The summed E-state index contributed by atoms with van der Waals surface area (Å²) in [6.07, 6.45) is 2.93. The molecule has 2 atom stereocenters. The van der Waals surface area contributed by atoms with Crippen molar-refractivity contribution in [1.29, 1.82) is 0 Å². The molecule has 0 amide bonds. The van der Waals surface area contributed by atoms with Gasteiger partial charge in [-0.25, -0.2) is 0 Å². The average Bonchev–Trinajstić information content (AvgIpc) is 2.57. The summed E-state index contributed by atoms with van der Waals surface area (Å²) in [5.41, 5.74) is 2.37. The largest absolute Gasteiger partial charge is 0.381 e. The third-order valence-electron chi connectivity index (χ3n) is 3.32. The Labute approximate surface area is 83.3 Å². The molecule has 1 saturated carbocycles. The summed E-state index contributed by atoms with van der Waals surface area (Å²) in [6, 6.07) is 8.56. The standard InChI is InChI=1S/C12H13NO/c14-11-7-3-6-10-12(11)8-4-1-2-5-9(8)13-10/h1-2,4-5,10,12-13H,3,6-7H2/t10-,12-/m1/s1. The maximum atomic E-state index is 11.8. The van der Waals surface area contributed by atoms with Gasteiger partial charge < -0.3 is 5.32 Å². The van der Waals surface area contributed by atoms with E-state index in [4.69, 9.17) is 0 Å². The molecule has 1 N–H and O–H groups in total. The predicted molar refractivity (Wildman–Crippen MR) is 55.5 cm³/mol. The van der Waals surface area contributed by atoms with Gasteiger partial charge in [0, 0.05) is 18.2 Å². The molecule has 1 aromatic rings. The van der Waals surface area contributed by atoms with Gasteiger partial charge in [0.05, 0.1) is 5.92 Å². The van der Waals surface area contributed by atoms with E-state index in [0.29, 0.717) is 11.8 Å². The van der Waals surface area contributed by atoms with E-state index in [1.54, 1.807) is 0 Å². The molecule has 1 aromatic carbocycles. The topological polar surface area (TPSA) is 29.1 Å². The molecule has 14 heavy (non-hydrogen) atoms. The molecule has 0 aromatic heterocycles. The smallest absolute Gasteiger partial charge is 0.142 e. The molecule has 1 heterocycles. The van der Waals surface area contributed by atoms with Crippen LogP contribution in [0.15, 0.2) is 24.3 Å². The zero-order valence-corrected chi connectivity index (χ0v) is 7.99. The van der Waals surface area contributed by atoms with E-state index in [-0.39, 0.29) is 5.92 Å². The van der Waals surface area contributed by atoms with Crippen LogP contribution in [-0.4, -0.2) is 11.8 Å². The van der Waals surface area contributed by atoms with Crippen LogP contribution >= 0.6 is 0 Å². The maximum absolute atomic E-state index is 11.8. The summed E-state index contributed by atoms with van der Waals surface area (Å²) < 4.78 is 0. The Morgan fingerprint density at radius 2 is 2.14 bits per heavy atom. The lowest BCUT2D eigenvalue weighted by Gasteiger charge is -2.24. The monoisotopic (exact) mass is 187 g/mol. The highest BCUT2D eigenvalue weighted by molar-refractivity contribution is 5.91. The van der Waals surface area contributed by atoms with E-state index >= 15 is 0 Å². The molecular formula is C12H13NO. The lowest BCUT2D eigenvalue weighted by atomic mass is 9.82. The highest BCUT2D eigenvalue weighted by Crippen LogP contribution is 2.41. The Morgan fingerprint density at radius 1 is 1.29 bits per heavy atom. The van der Waals surface area contributed by atoms with Crippen LogP contribution in [0.5, 0.6) is 0 Å². The Morgan fingerprint density at radius 3 is 3.07 bits per heavy atom. The fraction of sp³-hybridized carbons (Fsp3) is 0.417. The SMILES string of the molecule is O=C1CCC[C@H]2Nc3ccccc3[C@@H]12. The molecule has 0 radical (unpaired) electrons. The third kappa shape index (κ3) is 0.999. The van der Waals surface area contributed by atoms with Gasteiger partial charge >= 0.3 is 0 Å². The van der Waals surface area contributed by atoms with Crippen LogP contribution in [0.2, 0.25) is 0 Å². The first-order valence-corrected chi connectivity index (χ1v) is 5.24. The van der Waals surface area contributed by atoms with E-state index in [2.05, 4.69) is 17.4 Å². The lowest BCUT2D eigenvalue weighted by Crippen LogP contribution is -2.30. The Hall–Kier alpha value is -1.31. The number of hydrogen-bond donors (Lipinski definition) is 1. The second kappa shape index (κ2) is 2.84. The Kier molecular flexibility index (Phi) is 1.63. The number of para-hydroxylation sites is 1. The fourth-order valence-corrected chi connectivity index (χ4v) is 2.69. The second-order valence-electron chi connectivity index (χ2n) is 4.17. The molecule has 72 valence electrons. The number of ketones is 1. The minimum Gasteiger partial charge on any atom is -0.381 e. The van der Waals surface area contributed by atoms with Gasteiger partial charge in [-0.3, -0.25) is 4.79 Å². The molecule has 0 saturated heterocycles. The van der Waals surface area contributed by atoms with E-state index in [1.807, 2.05) is 12.1 Å². The lowest BCUT2D eigenvalue weighted by molar-refractivity contribution is -0.121. The molecule has 2 heteroatoms. The summed E-state index contributed by atoms with van der Waals surface area (Å²) >= 11 is 0. The van der Waals surface area contributed by atoms with Crippen molar-refractivity contribution in [1.82, 2.24) is 0 Å². The zero-order valence-electron chi connectivity index (χ0n) is 7.99. The number of benzene rings is 1. The molecule has 2 aliphatic rings. The first kappa shape index (κ1) is 8.04. The zero-order chi connectivity index (χ0) is 9.54. The number of fused-ring (bicyclic) bond motifs is 3. The number of nitrogens with one attached hydrogen (secondary N) is 1. The molecular weight excluding hydrogens is 174 g/mol. The molecule has 1 aliphatic heterocycles. The highest BCUT2D eigenvalue weighted by atomic mass is 16.1. The van der Waals surface area contributed by atoms with Crippen LogP contribution in [0.25, 0.3) is 0 Å². The molecule has 0 spiro atoms. The van der Waals surface area contributed by atoms with Crippen molar-refractivity contribution in [3.05, 3.63) is 29.8 Å². The normalized spacial score (nSPS) is 29.3. The number of hydrogen-bond acceptors (Lipinski definition) is 2. The van der Waals surface area contributed by atoms with Gasteiger partial charge in [-0.15, -0.1) is 0 Å². The Balaban J connectivity index is 2.07. The van der Waals surface area contributed by atoms with Crippen LogP contribution in [0.4, 0.5) is 5.69 Å². The summed E-state index contributed by atoms with van der Waals surface area (Å²) in [6.45, 7) is 0. The van der Waals surface area contributed by atoms with E-state index in [1.165, 1.54) is 5.56 Å². The van der Waals surface area contributed by atoms with E-state index < -0.39 is 0 Å². The first-order valence-electron chi connectivity index (χ1n) is 5.24. The van der Waals surface area contributed by atoms with Crippen LogP contribution in [0.1, 0.15) is 30.7 Å². The quantitative estimate of drug-likeness (QED) is 0.675. The molecule has 2 nitrogen and oxygen atoms in total. The van der Waals surface area contributed by atoms with E-state index in [9.17, 15) is 4.79 Å². The van der Waals surface area contributed by atoms with Crippen LogP contribution in [0, 0.1) is 0 Å². The van der Waals surface area contributed by atoms with Gasteiger partial charge in [-0.1, -0.05) is 18.2 Å². The number of carbonyl (C=O) groups excluding carboxylic acids is 1. The second-order valence-corrected chi connectivity index (χ2v) is 4.17. The highest BCUT2D eigenvalue weighted by Gasteiger charge is 2.38. The van der Waals surface area contributed by atoms with Gasteiger partial charge in [-0.2, -0.15) is 0 Å². The van der Waals surface area contributed by atoms with Crippen LogP contribution in [0.3, 0.4) is 0 Å². The van der Waals surface area contributed by atoms with Crippen molar-refractivity contribution in [3.63, 3.8) is 0 Å². The summed E-state index contributed by atoms with van der Waals surface area (Å²) in [4.78, 5) is 11.8. The number of rotatable bonds is 0. The minimum absolute atomic E-state index is 0.139. The molecule has 0 bridgehead atoms. The third-order valence-corrected chi connectivity index (χ3v) is 3.32. The van der Waals surface area contributed by atoms with Crippen molar-refractivity contribution in [2.45, 2.75) is 31.2 Å². The first-order chi connectivity index (χ1) is 6.86. The van der Waals surface area contributed by atoms with Gasteiger partial charge in [0.1, 0.15) is 5.78 Å². The van der Waals surface area contributed by atoms with Gasteiger partial charge in [0.2, 0.25) is 0 Å². The van der Waals surface area contributed by atoms with Crippen LogP contribution in [-0.2, 0) is 4.79 Å². The van der Waals surface area contributed by atoms with E-state index in [0.717, 1.165) is 24.9 Å². The van der Waals surface area contributed by atoms with Crippen molar-refractivity contribution in [2.75, 3.05) is 5.32 Å². The Bertz CT molecular complexity index is 386. The predicted octanol–water partition coefficient (Wildman–Crippen LogP) is 2.32. The number of carbonyl (C=O) groups is 1. The minimum atomic E-state index is 0.139.